The number of nitrogens with zero attached hydrogens (tertiary/aromatic N) is 2. The molecule has 2 aliphatic heterocycles. The first-order chi connectivity index (χ1) is 11.6. The number of thiazole rings is 1. The summed E-state index contributed by atoms with van der Waals surface area (Å²) in [6.45, 7) is 2.78. The van der Waals surface area contributed by atoms with E-state index < -0.39 is 11.6 Å². The van der Waals surface area contributed by atoms with Gasteiger partial charge in [-0.25, -0.2) is 13.8 Å². The van der Waals surface area contributed by atoms with E-state index >= 15 is 0 Å². The SMILES string of the molecule is O=C1C[C@H](c2ccc(F)c(F)c2)c2sc(N3CCOCC3)nc2N1. The van der Waals surface area contributed by atoms with Gasteiger partial charge in [-0.3, -0.25) is 4.79 Å². The van der Waals surface area contributed by atoms with Gasteiger partial charge in [-0.2, -0.15) is 0 Å². The third-order valence-electron chi connectivity index (χ3n) is 4.23. The van der Waals surface area contributed by atoms with Crippen molar-refractivity contribution in [1.82, 2.24) is 4.98 Å². The summed E-state index contributed by atoms with van der Waals surface area (Å²) in [4.78, 5) is 19.5. The average Bonchev–Trinajstić information content (AvgIpc) is 3.01. The van der Waals surface area contributed by atoms with Gasteiger partial charge >= 0.3 is 0 Å². The number of carbonyl (C=O) groups is 1. The second-order valence-corrected chi connectivity index (χ2v) is 6.80. The fraction of sp³-hybridized carbons (Fsp3) is 0.375. The van der Waals surface area contributed by atoms with Gasteiger partial charge in [0.05, 0.1) is 18.1 Å². The molecule has 1 saturated heterocycles. The normalized spacial score (nSPS) is 20.7. The molecule has 1 atom stereocenters. The van der Waals surface area contributed by atoms with Gasteiger partial charge < -0.3 is 15.0 Å². The topological polar surface area (TPSA) is 54.5 Å². The number of carbonyl (C=O) groups excluding carboxylic acids is 1. The van der Waals surface area contributed by atoms with Crippen molar-refractivity contribution in [2.75, 3.05) is 36.5 Å². The highest BCUT2D eigenvalue weighted by Gasteiger charge is 2.32. The summed E-state index contributed by atoms with van der Waals surface area (Å²) < 4.78 is 32.1. The number of fused-ring (bicyclic) bond motifs is 1. The van der Waals surface area contributed by atoms with E-state index in [2.05, 4.69) is 15.2 Å². The molecular formula is C16H15F2N3O2S. The number of rotatable bonds is 2. The van der Waals surface area contributed by atoms with Crippen LogP contribution in [0, 0.1) is 11.6 Å². The van der Waals surface area contributed by atoms with E-state index in [1.807, 2.05) is 0 Å². The van der Waals surface area contributed by atoms with Gasteiger partial charge in [-0.05, 0) is 17.7 Å². The molecule has 1 amide bonds. The van der Waals surface area contributed by atoms with Gasteiger partial charge in [-0.1, -0.05) is 17.4 Å². The number of hydrogen-bond donors (Lipinski definition) is 1. The highest BCUT2D eigenvalue weighted by atomic mass is 32.1. The van der Waals surface area contributed by atoms with Crippen LogP contribution in [-0.4, -0.2) is 37.2 Å². The van der Waals surface area contributed by atoms with E-state index in [0.29, 0.717) is 24.6 Å². The molecule has 1 aromatic carbocycles. The molecule has 5 nitrogen and oxygen atoms in total. The molecule has 0 unspecified atom stereocenters. The maximum Gasteiger partial charge on any atom is 0.226 e. The summed E-state index contributed by atoms with van der Waals surface area (Å²) in [7, 11) is 0. The molecule has 4 rings (SSSR count). The fourth-order valence-electron chi connectivity index (χ4n) is 3.00. The van der Waals surface area contributed by atoms with Crippen LogP contribution in [0.4, 0.5) is 19.7 Å². The number of benzene rings is 1. The summed E-state index contributed by atoms with van der Waals surface area (Å²) in [6, 6.07) is 3.79. The molecule has 1 aromatic heterocycles. The lowest BCUT2D eigenvalue weighted by atomic mass is 9.91. The van der Waals surface area contributed by atoms with Crippen LogP contribution in [0.3, 0.4) is 0 Å². The Morgan fingerprint density at radius 2 is 2.04 bits per heavy atom. The number of nitrogens with one attached hydrogen (secondary N) is 1. The minimum absolute atomic E-state index is 0.170. The van der Waals surface area contributed by atoms with Crippen LogP contribution in [0.15, 0.2) is 18.2 Å². The molecule has 24 heavy (non-hydrogen) atoms. The molecule has 0 bridgehead atoms. The summed E-state index contributed by atoms with van der Waals surface area (Å²) in [6.07, 6.45) is 0.197. The van der Waals surface area contributed by atoms with E-state index in [-0.39, 0.29) is 18.2 Å². The largest absolute Gasteiger partial charge is 0.378 e. The minimum atomic E-state index is -0.905. The Hall–Kier alpha value is -2.06. The number of aromatic nitrogens is 1. The van der Waals surface area contributed by atoms with Gasteiger partial charge in [0.25, 0.3) is 0 Å². The minimum Gasteiger partial charge on any atom is -0.378 e. The second kappa shape index (κ2) is 6.10. The standard InChI is InChI=1S/C16H15F2N3O2S/c17-11-2-1-9(7-12(11)18)10-8-13(22)19-15-14(10)24-16(20-15)21-3-5-23-6-4-21/h1-2,7,10H,3-6,8H2,(H,19,22)/t10-/m1/s1. The highest BCUT2D eigenvalue weighted by Crippen LogP contribution is 2.43. The van der Waals surface area contributed by atoms with Crippen molar-refractivity contribution in [3.05, 3.63) is 40.3 Å². The smallest absolute Gasteiger partial charge is 0.226 e. The van der Waals surface area contributed by atoms with Gasteiger partial charge in [0.2, 0.25) is 5.91 Å². The van der Waals surface area contributed by atoms with Crippen LogP contribution >= 0.6 is 11.3 Å². The Kier molecular flexibility index (Phi) is 3.93. The Morgan fingerprint density at radius 3 is 2.79 bits per heavy atom. The predicted octanol–water partition coefficient (Wildman–Crippen LogP) is 2.73. The zero-order valence-corrected chi connectivity index (χ0v) is 13.5. The van der Waals surface area contributed by atoms with Crippen LogP contribution in [0.25, 0.3) is 0 Å². The molecular weight excluding hydrogens is 336 g/mol. The van der Waals surface area contributed by atoms with Crippen molar-refractivity contribution in [1.29, 1.82) is 0 Å². The van der Waals surface area contributed by atoms with Gasteiger partial charge in [0.15, 0.2) is 16.8 Å². The van der Waals surface area contributed by atoms with Gasteiger partial charge in [0, 0.05) is 25.4 Å². The predicted molar refractivity (Wildman–Crippen MR) is 86.6 cm³/mol. The van der Waals surface area contributed by atoms with E-state index in [4.69, 9.17) is 4.74 Å². The average molecular weight is 351 g/mol. The van der Waals surface area contributed by atoms with Crippen molar-refractivity contribution in [3.8, 4) is 0 Å². The van der Waals surface area contributed by atoms with E-state index in [1.54, 1.807) is 0 Å². The summed E-state index contributed by atoms with van der Waals surface area (Å²) in [5.41, 5.74) is 0.585. The number of halogens is 2. The van der Waals surface area contributed by atoms with Crippen molar-refractivity contribution in [3.63, 3.8) is 0 Å². The third kappa shape index (κ3) is 2.76. The molecule has 126 valence electrons. The molecule has 2 aromatic rings. The van der Waals surface area contributed by atoms with Crippen LogP contribution < -0.4 is 10.2 Å². The van der Waals surface area contributed by atoms with Crippen LogP contribution in [0.2, 0.25) is 0 Å². The lowest BCUT2D eigenvalue weighted by Gasteiger charge is -2.26. The summed E-state index contributed by atoms with van der Waals surface area (Å²) >= 11 is 1.49. The second-order valence-electron chi connectivity index (χ2n) is 5.79. The Balaban J connectivity index is 1.71. The van der Waals surface area contributed by atoms with Gasteiger partial charge in [-0.15, -0.1) is 0 Å². The summed E-state index contributed by atoms with van der Waals surface area (Å²) in [5, 5.41) is 3.60. The first kappa shape index (κ1) is 15.5. The fourth-order valence-corrected chi connectivity index (χ4v) is 4.20. The first-order valence-electron chi connectivity index (χ1n) is 7.70. The quantitative estimate of drug-likeness (QED) is 0.904. The molecule has 0 aliphatic carbocycles. The Bertz CT molecular complexity index is 790. The van der Waals surface area contributed by atoms with E-state index in [9.17, 15) is 13.6 Å². The number of ether oxygens (including phenoxy) is 1. The lowest BCUT2D eigenvalue weighted by molar-refractivity contribution is -0.116. The lowest BCUT2D eigenvalue weighted by Crippen LogP contribution is -2.36. The zero-order valence-electron chi connectivity index (χ0n) is 12.7. The van der Waals surface area contributed by atoms with Crippen LogP contribution in [0.1, 0.15) is 22.8 Å². The molecule has 1 fully saturated rings. The molecule has 2 aliphatic rings. The molecule has 1 N–H and O–H groups in total. The Labute approximate surface area is 141 Å². The third-order valence-corrected chi connectivity index (χ3v) is 5.46. The molecule has 8 heteroatoms. The molecule has 0 radical (unpaired) electrons. The number of amides is 1. The molecule has 3 heterocycles. The zero-order chi connectivity index (χ0) is 16.7. The van der Waals surface area contributed by atoms with Crippen molar-refractivity contribution >= 4 is 28.2 Å². The van der Waals surface area contributed by atoms with Crippen molar-refractivity contribution in [2.45, 2.75) is 12.3 Å². The monoisotopic (exact) mass is 351 g/mol. The summed E-state index contributed by atoms with van der Waals surface area (Å²) in [5.74, 6) is -1.75. The maximum atomic E-state index is 13.6. The first-order valence-corrected chi connectivity index (χ1v) is 8.51. The molecule has 0 spiro atoms. The maximum absolute atomic E-state index is 13.6. The van der Waals surface area contributed by atoms with Gasteiger partial charge in [0.1, 0.15) is 5.82 Å². The van der Waals surface area contributed by atoms with E-state index in [0.717, 1.165) is 35.2 Å². The Morgan fingerprint density at radius 1 is 1.25 bits per heavy atom. The number of hydrogen-bond acceptors (Lipinski definition) is 5. The highest BCUT2D eigenvalue weighted by molar-refractivity contribution is 7.16. The van der Waals surface area contributed by atoms with Crippen molar-refractivity contribution in [2.24, 2.45) is 0 Å². The van der Waals surface area contributed by atoms with E-state index in [1.165, 1.54) is 17.4 Å². The number of morpholine rings is 1. The molecule has 0 saturated carbocycles. The van der Waals surface area contributed by atoms with Crippen LogP contribution in [0.5, 0.6) is 0 Å². The van der Waals surface area contributed by atoms with Crippen molar-refractivity contribution < 1.29 is 18.3 Å². The number of anilines is 2. The van der Waals surface area contributed by atoms with Crippen LogP contribution in [-0.2, 0) is 9.53 Å².